The Hall–Kier alpha value is -3.88. The maximum atomic E-state index is 13.1. The van der Waals surface area contributed by atoms with Crippen LogP contribution in [0.3, 0.4) is 0 Å². The summed E-state index contributed by atoms with van der Waals surface area (Å²) in [5.74, 6) is -0.287. The van der Waals surface area contributed by atoms with Crippen LogP contribution in [0.1, 0.15) is 49.8 Å². The van der Waals surface area contributed by atoms with Gasteiger partial charge in [0.05, 0.1) is 41.4 Å². The smallest absolute Gasteiger partial charge is 0.319 e. The van der Waals surface area contributed by atoms with Gasteiger partial charge in [-0.2, -0.15) is 23.4 Å². The largest absolute Gasteiger partial charge is 0.416 e. The van der Waals surface area contributed by atoms with Crippen molar-refractivity contribution in [1.82, 2.24) is 19.6 Å². The molecule has 6 nitrogen and oxygen atoms in total. The van der Waals surface area contributed by atoms with Gasteiger partial charge in [-0.15, -0.1) is 0 Å². The van der Waals surface area contributed by atoms with E-state index in [4.69, 9.17) is 0 Å². The molecule has 0 bridgehead atoms. The Balaban J connectivity index is 1.51. The van der Waals surface area contributed by atoms with Gasteiger partial charge in [0.1, 0.15) is 0 Å². The van der Waals surface area contributed by atoms with Crippen LogP contribution in [0.2, 0.25) is 0 Å². The predicted molar refractivity (Wildman–Crippen MR) is 127 cm³/mol. The van der Waals surface area contributed by atoms with Crippen LogP contribution in [0.25, 0.3) is 0 Å². The van der Waals surface area contributed by atoms with E-state index in [1.165, 1.54) is 6.07 Å². The zero-order valence-corrected chi connectivity index (χ0v) is 19.9. The van der Waals surface area contributed by atoms with Crippen molar-refractivity contribution in [2.24, 2.45) is 0 Å². The molecule has 2 aromatic heterocycles. The first kappa shape index (κ1) is 24.3. The number of carbonyl (C=O) groups is 1. The average Bonchev–Trinajstić information content (AvgIpc) is 3.25. The lowest BCUT2D eigenvalue weighted by Crippen LogP contribution is -2.14. The molecule has 0 radical (unpaired) electrons. The van der Waals surface area contributed by atoms with Crippen molar-refractivity contribution < 1.29 is 18.0 Å². The maximum absolute atomic E-state index is 13.1. The molecule has 0 aliphatic rings. The summed E-state index contributed by atoms with van der Waals surface area (Å²) in [6, 6.07) is 14.5. The molecule has 35 heavy (non-hydrogen) atoms. The Morgan fingerprint density at radius 2 is 1.54 bits per heavy atom. The van der Waals surface area contributed by atoms with E-state index >= 15 is 0 Å². The number of benzene rings is 2. The van der Waals surface area contributed by atoms with Gasteiger partial charge in [-0.3, -0.25) is 14.2 Å². The summed E-state index contributed by atoms with van der Waals surface area (Å²) < 4.78 is 42.7. The van der Waals surface area contributed by atoms with Crippen molar-refractivity contribution in [1.29, 1.82) is 0 Å². The molecular formula is C26H26F3N5O. The van der Waals surface area contributed by atoms with E-state index in [0.717, 1.165) is 29.1 Å². The van der Waals surface area contributed by atoms with Crippen LogP contribution in [0.5, 0.6) is 0 Å². The minimum Gasteiger partial charge on any atom is -0.319 e. The molecule has 182 valence electrons. The lowest BCUT2D eigenvalue weighted by atomic mass is 10.1. The first-order valence-corrected chi connectivity index (χ1v) is 11.1. The number of nitrogens with zero attached hydrogens (tertiary/aromatic N) is 4. The van der Waals surface area contributed by atoms with Gasteiger partial charge in [-0.05, 0) is 69.2 Å². The van der Waals surface area contributed by atoms with E-state index in [2.05, 4.69) is 15.5 Å². The van der Waals surface area contributed by atoms with Gasteiger partial charge < -0.3 is 5.32 Å². The molecule has 0 atom stereocenters. The third-order valence-electron chi connectivity index (χ3n) is 5.83. The van der Waals surface area contributed by atoms with Crippen LogP contribution in [-0.4, -0.2) is 25.5 Å². The number of hydrogen-bond acceptors (Lipinski definition) is 3. The van der Waals surface area contributed by atoms with E-state index in [-0.39, 0.29) is 12.5 Å². The average molecular weight is 482 g/mol. The second-order valence-corrected chi connectivity index (χ2v) is 8.64. The first-order valence-electron chi connectivity index (χ1n) is 11.1. The number of hydrogen-bond donors (Lipinski definition) is 1. The van der Waals surface area contributed by atoms with Crippen molar-refractivity contribution >= 4 is 11.6 Å². The Kier molecular flexibility index (Phi) is 6.51. The van der Waals surface area contributed by atoms with E-state index < -0.39 is 11.7 Å². The molecule has 0 saturated heterocycles. The zero-order valence-electron chi connectivity index (χ0n) is 19.9. The molecule has 4 rings (SSSR count). The van der Waals surface area contributed by atoms with E-state index in [1.807, 2.05) is 42.8 Å². The van der Waals surface area contributed by atoms with Crippen LogP contribution in [-0.2, 0) is 19.3 Å². The molecule has 1 N–H and O–H groups in total. The number of rotatable bonds is 6. The fourth-order valence-electron chi connectivity index (χ4n) is 4.06. The number of carbonyl (C=O) groups excluding carboxylic acids is 1. The standard InChI is InChI=1S/C26H26F3N5O/c1-16-11-17(2)33(31-16)14-20-7-5-9-22(12-20)25(35)30-24-18(3)32-34(19(24)4)15-21-8-6-10-23(13-21)26(27,28)29/h5-13H,14-15H2,1-4H3,(H,30,35). The Bertz CT molecular complexity index is 1380. The second kappa shape index (κ2) is 9.40. The van der Waals surface area contributed by atoms with Crippen LogP contribution in [0.15, 0.2) is 54.6 Å². The summed E-state index contributed by atoms with van der Waals surface area (Å²) in [4.78, 5) is 13.0. The zero-order chi connectivity index (χ0) is 25.3. The minimum atomic E-state index is -4.41. The molecule has 0 fully saturated rings. The predicted octanol–water partition coefficient (Wildman–Crippen LogP) is 5.68. The molecule has 0 saturated carbocycles. The van der Waals surface area contributed by atoms with Gasteiger partial charge in [0.25, 0.3) is 5.91 Å². The molecule has 0 aliphatic carbocycles. The van der Waals surface area contributed by atoms with Gasteiger partial charge in [-0.1, -0.05) is 24.3 Å². The normalized spacial score (nSPS) is 11.6. The second-order valence-electron chi connectivity index (χ2n) is 8.64. The molecule has 2 heterocycles. The molecular weight excluding hydrogens is 455 g/mol. The molecule has 2 aromatic carbocycles. The van der Waals surface area contributed by atoms with Crippen molar-refractivity contribution in [3.8, 4) is 0 Å². The van der Waals surface area contributed by atoms with Crippen molar-refractivity contribution in [3.63, 3.8) is 0 Å². The van der Waals surface area contributed by atoms with Gasteiger partial charge in [-0.25, -0.2) is 0 Å². The Labute approximate surface area is 201 Å². The fourth-order valence-corrected chi connectivity index (χ4v) is 4.06. The molecule has 1 amide bonds. The molecule has 0 aliphatic heterocycles. The molecule has 9 heteroatoms. The number of alkyl halides is 3. The summed E-state index contributed by atoms with van der Waals surface area (Å²) in [5, 5.41) is 11.8. The highest BCUT2D eigenvalue weighted by molar-refractivity contribution is 6.05. The number of anilines is 1. The summed E-state index contributed by atoms with van der Waals surface area (Å²) in [6.45, 7) is 8.16. The summed E-state index contributed by atoms with van der Waals surface area (Å²) in [6.07, 6.45) is -4.41. The fraction of sp³-hybridized carbons (Fsp3) is 0.269. The van der Waals surface area contributed by atoms with Crippen LogP contribution < -0.4 is 5.32 Å². The summed E-state index contributed by atoms with van der Waals surface area (Å²) >= 11 is 0. The van der Waals surface area contributed by atoms with Gasteiger partial charge >= 0.3 is 6.18 Å². The molecule has 0 unspecified atom stereocenters. The first-order chi connectivity index (χ1) is 16.5. The van der Waals surface area contributed by atoms with Gasteiger partial charge in [0.2, 0.25) is 0 Å². The lowest BCUT2D eigenvalue weighted by molar-refractivity contribution is -0.137. The summed E-state index contributed by atoms with van der Waals surface area (Å²) in [5.41, 5.74) is 4.97. The van der Waals surface area contributed by atoms with E-state index in [0.29, 0.717) is 34.7 Å². The molecule has 0 spiro atoms. The minimum absolute atomic E-state index is 0.157. The topological polar surface area (TPSA) is 64.7 Å². The third-order valence-corrected chi connectivity index (χ3v) is 5.83. The maximum Gasteiger partial charge on any atom is 0.416 e. The van der Waals surface area contributed by atoms with Crippen molar-refractivity contribution in [2.75, 3.05) is 5.32 Å². The Morgan fingerprint density at radius 1 is 0.886 bits per heavy atom. The third kappa shape index (κ3) is 5.45. The van der Waals surface area contributed by atoms with Crippen LogP contribution in [0, 0.1) is 27.7 Å². The summed E-state index contributed by atoms with van der Waals surface area (Å²) in [7, 11) is 0. The SMILES string of the molecule is Cc1cc(C)n(Cc2cccc(C(=O)Nc3c(C)nn(Cc4cccc(C(F)(F)F)c4)c3C)c2)n1. The van der Waals surface area contributed by atoms with Gasteiger partial charge in [0, 0.05) is 11.3 Å². The molecule has 4 aromatic rings. The lowest BCUT2D eigenvalue weighted by Gasteiger charge is -2.11. The number of halogens is 3. The monoisotopic (exact) mass is 481 g/mol. The number of nitrogens with one attached hydrogen (secondary N) is 1. The number of aromatic nitrogens is 4. The highest BCUT2D eigenvalue weighted by atomic mass is 19.4. The number of amides is 1. The Morgan fingerprint density at radius 3 is 2.20 bits per heavy atom. The van der Waals surface area contributed by atoms with Gasteiger partial charge in [0.15, 0.2) is 0 Å². The highest BCUT2D eigenvalue weighted by Crippen LogP contribution is 2.30. The van der Waals surface area contributed by atoms with E-state index in [1.54, 1.807) is 30.7 Å². The van der Waals surface area contributed by atoms with Crippen molar-refractivity contribution in [2.45, 2.75) is 47.0 Å². The van der Waals surface area contributed by atoms with E-state index in [9.17, 15) is 18.0 Å². The quantitative estimate of drug-likeness (QED) is 0.385. The van der Waals surface area contributed by atoms with Crippen LogP contribution in [0.4, 0.5) is 18.9 Å². The van der Waals surface area contributed by atoms with Crippen LogP contribution >= 0.6 is 0 Å². The highest BCUT2D eigenvalue weighted by Gasteiger charge is 2.30. The number of aryl methyl sites for hydroxylation is 3. The van der Waals surface area contributed by atoms with Crippen molar-refractivity contribution in [3.05, 3.63) is 99.6 Å².